The molecule has 1 aromatic heterocycles. The summed E-state index contributed by atoms with van der Waals surface area (Å²) in [5.41, 5.74) is 7.05. The molecule has 1 aliphatic carbocycles. The molecular formula is C29H38N4O3. The Morgan fingerprint density at radius 2 is 1.94 bits per heavy atom. The summed E-state index contributed by atoms with van der Waals surface area (Å²) in [4.78, 5) is 19.2. The van der Waals surface area contributed by atoms with Gasteiger partial charge < -0.3 is 18.9 Å². The van der Waals surface area contributed by atoms with Gasteiger partial charge in [-0.05, 0) is 73.1 Å². The molecule has 1 saturated heterocycles. The zero-order valence-electron chi connectivity index (χ0n) is 22.1. The fraction of sp³-hybridized carbons (Fsp3) is 0.517. The van der Waals surface area contributed by atoms with Gasteiger partial charge in [0.2, 0.25) is 0 Å². The summed E-state index contributed by atoms with van der Waals surface area (Å²) in [5, 5.41) is 2.78. The molecule has 2 aromatic carbocycles. The van der Waals surface area contributed by atoms with Crippen molar-refractivity contribution in [2.24, 2.45) is 5.92 Å². The number of nitrogens with zero attached hydrogens (tertiary/aromatic N) is 3. The Morgan fingerprint density at radius 1 is 1.14 bits per heavy atom. The Morgan fingerprint density at radius 3 is 2.69 bits per heavy atom. The molecule has 1 fully saturated rings. The maximum atomic E-state index is 11.6. The highest BCUT2D eigenvalue weighted by atomic mass is 16.5. The van der Waals surface area contributed by atoms with Crippen LogP contribution in [0, 0.1) is 12.8 Å². The third-order valence-electron chi connectivity index (χ3n) is 7.80. The Bertz CT molecular complexity index is 1250. The molecule has 36 heavy (non-hydrogen) atoms. The molecule has 192 valence electrons. The molecule has 3 atom stereocenters. The van der Waals surface area contributed by atoms with Crippen molar-refractivity contribution in [2.45, 2.75) is 58.1 Å². The number of carbonyl (C=O) groups excluding carboxylic acids is 1. The Balaban J connectivity index is 1.28. The van der Waals surface area contributed by atoms with Gasteiger partial charge in [0.05, 0.1) is 30.3 Å². The van der Waals surface area contributed by atoms with Gasteiger partial charge in [0.15, 0.2) is 0 Å². The van der Waals surface area contributed by atoms with Gasteiger partial charge in [-0.15, -0.1) is 0 Å². The lowest BCUT2D eigenvalue weighted by Crippen LogP contribution is -2.47. The van der Waals surface area contributed by atoms with Crippen LogP contribution in [0.15, 0.2) is 36.4 Å². The van der Waals surface area contributed by atoms with Crippen LogP contribution in [0.1, 0.15) is 54.7 Å². The zero-order chi connectivity index (χ0) is 25.4. The minimum atomic E-state index is -0.431. The number of ether oxygens (including phenoxy) is 2. The maximum Gasteiger partial charge on any atom is 0.411 e. The normalized spacial score (nSPS) is 22.2. The molecule has 1 amide bonds. The topological polar surface area (TPSA) is 68.6 Å². The summed E-state index contributed by atoms with van der Waals surface area (Å²) < 4.78 is 13.3. The van der Waals surface area contributed by atoms with Crippen LogP contribution in [0.5, 0.6) is 0 Å². The van der Waals surface area contributed by atoms with Crippen molar-refractivity contribution in [3.8, 4) is 0 Å². The molecule has 0 radical (unpaired) electrons. The standard InChI is InChI=1S/C29H38N4O3/c1-18(2)28-31-24-12-19(3)6-9-25(24)33(28)26-10-11-32(17-27(26)35-4)16-20-13-21-7-8-23(15-22(21)14-20)30-29(34)36-5/h6-9,12,15,18,20,26-27H,10-11,13-14,16-17H2,1-5H3,(H,30,34)/t20?,26-,27-/m1/s1. The van der Waals surface area contributed by atoms with E-state index >= 15 is 0 Å². The van der Waals surface area contributed by atoms with E-state index < -0.39 is 6.09 Å². The van der Waals surface area contributed by atoms with Gasteiger partial charge in [-0.3, -0.25) is 5.32 Å². The maximum absolute atomic E-state index is 11.6. The first-order valence-corrected chi connectivity index (χ1v) is 13.1. The van der Waals surface area contributed by atoms with Gasteiger partial charge in [-0.25, -0.2) is 9.78 Å². The van der Waals surface area contributed by atoms with E-state index in [2.05, 4.69) is 65.9 Å². The summed E-state index contributed by atoms with van der Waals surface area (Å²) >= 11 is 0. The molecular weight excluding hydrogens is 452 g/mol. The SMILES string of the molecule is COC(=O)Nc1ccc2c(c1)CC(CN1CC[C@@H](n3c(C(C)C)nc4cc(C)ccc43)[C@H](OC)C1)C2. The Kier molecular flexibility index (Phi) is 7.04. The van der Waals surface area contributed by atoms with Crippen LogP contribution in [0.4, 0.5) is 10.5 Å². The highest BCUT2D eigenvalue weighted by Crippen LogP contribution is 2.35. The van der Waals surface area contributed by atoms with E-state index in [9.17, 15) is 4.79 Å². The van der Waals surface area contributed by atoms with Gasteiger partial charge in [0.1, 0.15) is 5.82 Å². The van der Waals surface area contributed by atoms with Crippen molar-refractivity contribution < 1.29 is 14.3 Å². The van der Waals surface area contributed by atoms with E-state index in [1.165, 1.54) is 29.3 Å². The number of imidazole rings is 1. The quantitative estimate of drug-likeness (QED) is 0.506. The lowest BCUT2D eigenvalue weighted by Gasteiger charge is -2.40. The molecule has 1 aliphatic heterocycles. The smallest absolute Gasteiger partial charge is 0.411 e. The molecule has 0 bridgehead atoms. The summed E-state index contributed by atoms with van der Waals surface area (Å²) in [6.45, 7) is 9.61. The summed E-state index contributed by atoms with van der Waals surface area (Å²) in [6.07, 6.45) is 2.85. The van der Waals surface area contributed by atoms with Crippen molar-refractivity contribution in [1.29, 1.82) is 0 Å². The second kappa shape index (κ2) is 10.2. The Hall–Kier alpha value is -2.90. The minimum Gasteiger partial charge on any atom is -0.453 e. The van der Waals surface area contributed by atoms with E-state index in [-0.39, 0.29) is 12.1 Å². The third-order valence-corrected chi connectivity index (χ3v) is 7.80. The number of methoxy groups -OCH3 is 2. The number of benzene rings is 2. The first kappa shape index (κ1) is 24.8. The van der Waals surface area contributed by atoms with Crippen molar-refractivity contribution in [1.82, 2.24) is 14.5 Å². The lowest BCUT2D eigenvalue weighted by atomic mass is 9.97. The van der Waals surface area contributed by atoms with Gasteiger partial charge in [0, 0.05) is 38.3 Å². The number of aryl methyl sites for hydroxylation is 1. The number of likely N-dealkylation sites (tertiary alicyclic amines) is 1. The van der Waals surface area contributed by atoms with Crippen molar-refractivity contribution >= 4 is 22.8 Å². The molecule has 1 N–H and O–H groups in total. The molecule has 7 nitrogen and oxygen atoms in total. The number of piperidine rings is 1. The number of anilines is 1. The van der Waals surface area contributed by atoms with Gasteiger partial charge >= 0.3 is 6.09 Å². The summed E-state index contributed by atoms with van der Waals surface area (Å²) in [5.74, 6) is 2.08. The average Bonchev–Trinajstić information content (AvgIpc) is 3.44. The van der Waals surface area contributed by atoms with E-state index in [0.717, 1.165) is 55.9 Å². The molecule has 2 heterocycles. The fourth-order valence-corrected chi connectivity index (χ4v) is 6.09. The summed E-state index contributed by atoms with van der Waals surface area (Å²) in [6, 6.07) is 13.1. The number of nitrogens with one attached hydrogen (secondary N) is 1. The predicted molar refractivity (Wildman–Crippen MR) is 143 cm³/mol. The first-order chi connectivity index (χ1) is 17.4. The number of hydrogen-bond donors (Lipinski definition) is 1. The molecule has 2 aliphatic rings. The fourth-order valence-electron chi connectivity index (χ4n) is 6.09. The number of amides is 1. The number of aromatic nitrogens is 2. The van der Waals surface area contributed by atoms with E-state index in [4.69, 9.17) is 14.5 Å². The van der Waals surface area contributed by atoms with Gasteiger partial charge in [-0.2, -0.15) is 0 Å². The van der Waals surface area contributed by atoms with Crippen molar-refractivity contribution in [3.05, 3.63) is 58.9 Å². The zero-order valence-corrected chi connectivity index (χ0v) is 22.1. The monoisotopic (exact) mass is 490 g/mol. The predicted octanol–water partition coefficient (Wildman–Crippen LogP) is 5.32. The van der Waals surface area contributed by atoms with Crippen LogP contribution in [-0.4, -0.2) is 60.5 Å². The largest absolute Gasteiger partial charge is 0.453 e. The van der Waals surface area contributed by atoms with Crippen LogP contribution >= 0.6 is 0 Å². The van der Waals surface area contributed by atoms with Crippen molar-refractivity contribution in [2.75, 3.05) is 39.2 Å². The molecule has 0 spiro atoms. The van der Waals surface area contributed by atoms with Crippen molar-refractivity contribution in [3.63, 3.8) is 0 Å². The third kappa shape index (κ3) is 4.87. The van der Waals surface area contributed by atoms with Crippen LogP contribution < -0.4 is 5.32 Å². The van der Waals surface area contributed by atoms with E-state index in [0.29, 0.717) is 11.8 Å². The molecule has 1 unspecified atom stereocenters. The van der Waals surface area contributed by atoms with E-state index in [1.54, 1.807) is 0 Å². The Labute approximate surface area is 213 Å². The van der Waals surface area contributed by atoms with Crippen LogP contribution in [-0.2, 0) is 22.3 Å². The van der Waals surface area contributed by atoms with E-state index in [1.807, 2.05) is 13.2 Å². The highest BCUT2D eigenvalue weighted by Gasteiger charge is 2.35. The lowest BCUT2D eigenvalue weighted by molar-refractivity contribution is -0.00966. The minimum absolute atomic E-state index is 0.120. The number of hydrogen-bond acceptors (Lipinski definition) is 5. The number of carbonyl (C=O) groups is 1. The highest BCUT2D eigenvalue weighted by molar-refractivity contribution is 5.84. The molecule has 7 heteroatoms. The number of rotatable bonds is 6. The molecule has 5 rings (SSSR count). The first-order valence-electron chi connectivity index (χ1n) is 13.1. The molecule has 3 aromatic rings. The average molecular weight is 491 g/mol. The van der Waals surface area contributed by atoms with Crippen LogP contribution in [0.2, 0.25) is 0 Å². The second-order valence-corrected chi connectivity index (χ2v) is 10.8. The van der Waals surface area contributed by atoms with Crippen LogP contribution in [0.3, 0.4) is 0 Å². The number of fused-ring (bicyclic) bond motifs is 2. The second-order valence-electron chi connectivity index (χ2n) is 10.8. The van der Waals surface area contributed by atoms with Crippen LogP contribution in [0.25, 0.3) is 11.0 Å². The van der Waals surface area contributed by atoms with Gasteiger partial charge in [-0.1, -0.05) is 26.0 Å². The summed E-state index contributed by atoms with van der Waals surface area (Å²) in [7, 11) is 3.23. The molecule has 0 saturated carbocycles. The van der Waals surface area contributed by atoms with Gasteiger partial charge in [0.25, 0.3) is 0 Å².